The normalized spacial score (nSPS) is 20.0. The molecule has 2 aromatic rings. The number of hydrogen-bond donors (Lipinski definition) is 0. The summed E-state index contributed by atoms with van der Waals surface area (Å²) in [5.74, 6) is -0.168. The van der Waals surface area contributed by atoms with Gasteiger partial charge in [0.05, 0.1) is 18.2 Å². The number of ether oxygens (including phenoxy) is 1. The van der Waals surface area contributed by atoms with E-state index in [1.807, 2.05) is 6.92 Å². The third-order valence-electron chi connectivity index (χ3n) is 7.34. The molecule has 9 heteroatoms. The zero-order chi connectivity index (χ0) is 27.4. The molecule has 0 bridgehead atoms. The summed E-state index contributed by atoms with van der Waals surface area (Å²) in [6.45, 7) is 5.07. The predicted octanol–water partition coefficient (Wildman–Crippen LogP) is 7.93. The van der Waals surface area contributed by atoms with E-state index in [0.717, 1.165) is 48.6 Å². The van der Waals surface area contributed by atoms with Crippen LogP contribution >= 0.6 is 0 Å². The molecule has 0 amide bonds. The number of halogens is 6. The van der Waals surface area contributed by atoms with Crippen molar-refractivity contribution in [1.29, 1.82) is 0 Å². The van der Waals surface area contributed by atoms with Gasteiger partial charge in [-0.2, -0.15) is 26.3 Å². The fraction of sp³-hybridized carbons (Fsp3) is 0.536. The molecule has 204 valence electrons. The van der Waals surface area contributed by atoms with Gasteiger partial charge < -0.3 is 4.74 Å². The minimum absolute atomic E-state index is 0.0590. The Kier molecular flexibility index (Phi) is 9.32. The van der Waals surface area contributed by atoms with Crippen molar-refractivity contribution >= 4 is 5.97 Å². The standard InChI is InChI=1S/C28H33F6NO2/c1-18(24-11-10-23(15-19(24)2)28(32,33)34)5-4-13-35-14-12-20(17-26(36)37-3)16-25(35)21-6-8-22(9-7-21)27(29,30)31/h6-11,15,18,20,25H,4-5,12-14,16-17H2,1-3H3/t18-,20-,25+/m1/s1. The van der Waals surface area contributed by atoms with Crippen molar-refractivity contribution in [2.75, 3.05) is 20.2 Å². The molecular formula is C28H33F6NO2. The van der Waals surface area contributed by atoms with E-state index >= 15 is 0 Å². The maximum absolute atomic E-state index is 13.1. The fourth-order valence-corrected chi connectivity index (χ4v) is 5.26. The maximum Gasteiger partial charge on any atom is 0.416 e. The first kappa shape index (κ1) is 29.0. The number of benzene rings is 2. The number of carbonyl (C=O) groups excluding carboxylic acids is 1. The maximum atomic E-state index is 13.1. The molecule has 1 heterocycles. The molecule has 0 N–H and O–H groups in total. The molecule has 0 saturated carbocycles. The van der Waals surface area contributed by atoms with E-state index < -0.39 is 23.5 Å². The number of carbonyl (C=O) groups is 1. The summed E-state index contributed by atoms with van der Waals surface area (Å²) >= 11 is 0. The summed E-state index contributed by atoms with van der Waals surface area (Å²) in [4.78, 5) is 14.1. The van der Waals surface area contributed by atoms with Crippen molar-refractivity contribution in [3.63, 3.8) is 0 Å². The van der Waals surface area contributed by atoms with E-state index in [1.165, 1.54) is 25.3 Å². The molecule has 1 aliphatic rings. The summed E-state index contributed by atoms with van der Waals surface area (Å²) in [6.07, 6.45) is -5.57. The van der Waals surface area contributed by atoms with Gasteiger partial charge in [-0.05, 0) is 98.5 Å². The lowest BCUT2D eigenvalue weighted by Gasteiger charge is -2.40. The SMILES string of the molecule is COC(=O)C[C@@H]1CCN(CCC[C@@H](C)c2ccc(C(F)(F)F)cc2C)[C@H](c2ccc(C(F)(F)F)cc2)C1. The summed E-state index contributed by atoms with van der Waals surface area (Å²) in [5, 5.41) is 0. The highest BCUT2D eigenvalue weighted by Gasteiger charge is 2.34. The van der Waals surface area contributed by atoms with Crippen LogP contribution in [0.3, 0.4) is 0 Å². The Morgan fingerprint density at radius 2 is 1.65 bits per heavy atom. The Morgan fingerprint density at radius 1 is 1.03 bits per heavy atom. The lowest BCUT2D eigenvalue weighted by atomic mass is 9.84. The number of methoxy groups -OCH3 is 1. The van der Waals surface area contributed by atoms with Gasteiger partial charge in [-0.1, -0.05) is 25.1 Å². The Hall–Kier alpha value is -2.55. The van der Waals surface area contributed by atoms with E-state index in [1.54, 1.807) is 13.0 Å². The van der Waals surface area contributed by atoms with Gasteiger partial charge in [0.1, 0.15) is 0 Å². The molecule has 0 aromatic heterocycles. The van der Waals surface area contributed by atoms with Gasteiger partial charge in [-0.15, -0.1) is 0 Å². The van der Waals surface area contributed by atoms with Gasteiger partial charge in [0.2, 0.25) is 0 Å². The first-order valence-electron chi connectivity index (χ1n) is 12.4. The van der Waals surface area contributed by atoms with Gasteiger partial charge in [0.15, 0.2) is 0 Å². The van der Waals surface area contributed by atoms with Crippen molar-refractivity contribution in [2.24, 2.45) is 5.92 Å². The Bertz CT molecular complexity index is 1050. The molecule has 0 unspecified atom stereocenters. The van der Waals surface area contributed by atoms with Crippen molar-refractivity contribution < 1.29 is 35.9 Å². The zero-order valence-corrected chi connectivity index (χ0v) is 21.3. The highest BCUT2D eigenvalue weighted by atomic mass is 19.4. The van der Waals surface area contributed by atoms with Gasteiger partial charge in [-0.25, -0.2) is 0 Å². The molecule has 0 spiro atoms. The Labute approximate surface area is 213 Å². The number of esters is 1. The van der Waals surface area contributed by atoms with Crippen LogP contribution in [0.2, 0.25) is 0 Å². The summed E-state index contributed by atoms with van der Waals surface area (Å²) < 4.78 is 83.0. The second kappa shape index (κ2) is 11.9. The number of hydrogen-bond acceptors (Lipinski definition) is 3. The summed E-state index contributed by atoms with van der Waals surface area (Å²) in [7, 11) is 1.34. The first-order chi connectivity index (χ1) is 17.3. The van der Waals surface area contributed by atoms with E-state index in [-0.39, 0.29) is 30.3 Å². The fourth-order valence-electron chi connectivity index (χ4n) is 5.26. The molecule has 0 aliphatic carbocycles. The topological polar surface area (TPSA) is 29.5 Å². The zero-order valence-electron chi connectivity index (χ0n) is 21.3. The molecule has 1 aliphatic heterocycles. The highest BCUT2D eigenvalue weighted by molar-refractivity contribution is 5.69. The quantitative estimate of drug-likeness (QED) is 0.257. The molecule has 3 atom stereocenters. The number of aryl methyl sites for hydroxylation is 1. The molecular weight excluding hydrogens is 496 g/mol. The summed E-state index contributed by atoms with van der Waals surface area (Å²) in [5.41, 5.74) is 0.896. The van der Waals surface area contributed by atoms with E-state index in [9.17, 15) is 31.1 Å². The molecule has 2 aromatic carbocycles. The van der Waals surface area contributed by atoms with Crippen LogP contribution in [0.25, 0.3) is 0 Å². The second-order valence-corrected chi connectivity index (χ2v) is 9.95. The van der Waals surface area contributed by atoms with Gasteiger partial charge in [-0.3, -0.25) is 9.69 Å². The Balaban J connectivity index is 1.68. The van der Waals surface area contributed by atoms with Crippen LogP contribution in [0.15, 0.2) is 42.5 Å². The number of rotatable bonds is 8. The van der Waals surface area contributed by atoms with Crippen LogP contribution in [-0.4, -0.2) is 31.1 Å². The second-order valence-electron chi connectivity index (χ2n) is 9.95. The van der Waals surface area contributed by atoms with E-state index in [0.29, 0.717) is 25.1 Å². The number of piperidine rings is 1. The Morgan fingerprint density at radius 3 is 2.22 bits per heavy atom. The average Bonchev–Trinajstić information content (AvgIpc) is 2.83. The van der Waals surface area contributed by atoms with Crippen LogP contribution < -0.4 is 0 Å². The summed E-state index contributed by atoms with van der Waals surface area (Å²) in [6, 6.07) is 8.91. The van der Waals surface area contributed by atoms with Gasteiger partial charge >= 0.3 is 18.3 Å². The molecule has 3 nitrogen and oxygen atoms in total. The predicted molar refractivity (Wildman–Crippen MR) is 129 cm³/mol. The van der Waals surface area contributed by atoms with Crippen LogP contribution in [0, 0.1) is 12.8 Å². The largest absolute Gasteiger partial charge is 0.469 e. The van der Waals surface area contributed by atoms with Crippen molar-refractivity contribution in [1.82, 2.24) is 4.90 Å². The van der Waals surface area contributed by atoms with Crippen LogP contribution in [0.1, 0.15) is 78.8 Å². The molecule has 1 fully saturated rings. The number of alkyl halides is 6. The smallest absolute Gasteiger partial charge is 0.416 e. The average molecular weight is 530 g/mol. The van der Waals surface area contributed by atoms with Crippen molar-refractivity contribution in [2.45, 2.75) is 70.3 Å². The first-order valence-corrected chi connectivity index (χ1v) is 12.4. The number of nitrogens with zero attached hydrogens (tertiary/aromatic N) is 1. The minimum Gasteiger partial charge on any atom is -0.469 e. The van der Waals surface area contributed by atoms with Crippen LogP contribution in [0.4, 0.5) is 26.3 Å². The van der Waals surface area contributed by atoms with Crippen molar-refractivity contribution in [3.05, 3.63) is 70.3 Å². The lowest BCUT2D eigenvalue weighted by molar-refractivity contribution is -0.142. The third-order valence-corrected chi connectivity index (χ3v) is 7.34. The van der Waals surface area contributed by atoms with Crippen molar-refractivity contribution in [3.8, 4) is 0 Å². The van der Waals surface area contributed by atoms with Crippen LogP contribution in [0.5, 0.6) is 0 Å². The van der Waals surface area contributed by atoms with Crippen LogP contribution in [-0.2, 0) is 21.9 Å². The van der Waals surface area contributed by atoms with E-state index in [4.69, 9.17) is 4.74 Å². The third kappa shape index (κ3) is 7.72. The molecule has 1 saturated heterocycles. The molecule has 0 radical (unpaired) electrons. The van der Waals surface area contributed by atoms with Gasteiger partial charge in [0, 0.05) is 12.5 Å². The van der Waals surface area contributed by atoms with E-state index in [2.05, 4.69) is 4.90 Å². The monoisotopic (exact) mass is 529 g/mol. The highest BCUT2D eigenvalue weighted by Crippen LogP contribution is 2.38. The van der Waals surface area contributed by atoms with Gasteiger partial charge in [0.25, 0.3) is 0 Å². The number of likely N-dealkylation sites (tertiary alicyclic amines) is 1. The molecule has 3 rings (SSSR count). The lowest BCUT2D eigenvalue weighted by Crippen LogP contribution is -2.38. The molecule has 37 heavy (non-hydrogen) atoms. The minimum atomic E-state index is -4.41.